The zero-order valence-electron chi connectivity index (χ0n) is 25.5. The van der Waals surface area contributed by atoms with Crippen molar-refractivity contribution in [3.05, 3.63) is 23.8 Å². The highest BCUT2D eigenvalue weighted by atomic mass is 16.5. The molecule has 3 unspecified atom stereocenters. The van der Waals surface area contributed by atoms with Gasteiger partial charge in [0.15, 0.2) is 5.78 Å². The molecule has 0 radical (unpaired) electrons. The van der Waals surface area contributed by atoms with Gasteiger partial charge in [-0.25, -0.2) is 9.59 Å². The zero-order valence-corrected chi connectivity index (χ0v) is 25.5. The normalized spacial score (nSPS) is 46.3. The van der Waals surface area contributed by atoms with Crippen LogP contribution in [0.2, 0.25) is 0 Å². The molecule has 0 saturated heterocycles. The van der Waals surface area contributed by atoms with Gasteiger partial charge >= 0.3 is 11.9 Å². The maximum atomic E-state index is 14.4. The summed E-state index contributed by atoms with van der Waals surface area (Å²) < 4.78 is 5.85. The first-order valence-electron chi connectivity index (χ1n) is 15.3. The number of hydrogen-bond acceptors (Lipinski definition) is 4. The minimum absolute atomic E-state index is 0.0201. The molecular formula is C34H50O5. The van der Waals surface area contributed by atoms with Gasteiger partial charge in [0.25, 0.3) is 0 Å². The SMILES string of the molecule is CC1(C)CC[C@]2(C)CCC3(C)C(=CC(=O)C4[C@@]5(C)CC[C@H](OC(=O)/C=C\C(=O)O)C(C)(C)C5CC[C@]43C)[C@@H]2C1. The van der Waals surface area contributed by atoms with Gasteiger partial charge in [0.2, 0.25) is 0 Å². The first-order valence-corrected chi connectivity index (χ1v) is 15.3. The van der Waals surface area contributed by atoms with Crippen LogP contribution in [0.1, 0.15) is 113 Å². The molecule has 0 aromatic carbocycles. The highest BCUT2D eigenvalue weighted by molar-refractivity contribution is 5.95. The van der Waals surface area contributed by atoms with E-state index in [0.717, 1.165) is 37.8 Å². The smallest absolute Gasteiger partial charge is 0.331 e. The number of aliphatic carboxylic acids is 1. The van der Waals surface area contributed by atoms with Crippen LogP contribution in [-0.2, 0) is 19.1 Å². The van der Waals surface area contributed by atoms with E-state index in [1.165, 1.54) is 31.3 Å². The topological polar surface area (TPSA) is 80.7 Å². The number of rotatable bonds is 3. The summed E-state index contributed by atoms with van der Waals surface area (Å²) in [4.78, 5) is 37.7. The summed E-state index contributed by atoms with van der Waals surface area (Å²) in [6.07, 6.45) is 13.3. The Balaban J connectivity index is 1.50. The number of fused-ring (bicyclic) bond motifs is 7. The van der Waals surface area contributed by atoms with Crippen LogP contribution in [-0.4, -0.2) is 28.9 Å². The lowest BCUT2D eigenvalue weighted by atomic mass is 9.33. The predicted molar refractivity (Wildman–Crippen MR) is 152 cm³/mol. The summed E-state index contributed by atoms with van der Waals surface area (Å²) >= 11 is 0. The molecule has 4 fully saturated rings. The number of carbonyl (C=O) groups is 3. The number of esters is 1. The van der Waals surface area contributed by atoms with Gasteiger partial charge in [-0.2, -0.15) is 0 Å². The maximum absolute atomic E-state index is 14.4. The Morgan fingerprint density at radius 1 is 0.897 bits per heavy atom. The van der Waals surface area contributed by atoms with Crippen LogP contribution in [0, 0.1) is 50.2 Å². The maximum Gasteiger partial charge on any atom is 0.331 e. The monoisotopic (exact) mass is 538 g/mol. The van der Waals surface area contributed by atoms with E-state index < -0.39 is 11.9 Å². The van der Waals surface area contributed by atoms with E-state index in [0.29, 0.717) is 29.0 Å². The number of carboxylic acid groups (broad SMARTS) is 1. The average molecular weight is 539 g/mol. The Kier molecular flexibility index (Phi) is 6.45. The fraction of sp³-hybridized carbons (Fsp3) is 0.794. The molecule has 5 rings (SSSR count). The van der Waals surface area contributed by atoms with E-state index in [2.05, 4.69) is 61.5 Å². The number of carbonyl (C=O) groups excluding carboxylic acids is 2. The van der Waals surface area contributed by atoms with E-state index in [-0.39, 0.29) is 39.6 Å². The van der Waals surface area contributed by atoms with Gasteiger partial charge in [0.05, 0.1) is 0 Å². The van der Waals surface area contributed by atoms with Crippen molar-refractivity contribution in [1.29, 1.82) is 0 Å². The molecular weight excluding hydrogens is 488 g/mol. The molecule has 4 saturated carbocycles. The molecule has 5 nitrogen and oxygen atoms in total. The summed E-state index contributed by atoms with van der Waals surface area (Å²) in [6.45, 7) is 19.0. The fourth-order valence-corrected chi connectivity index (χ4v) is 10.8. The molecule has 0 spiro atoms. The Hall–Kier alpha value is -1.91. The predicted octanol–water partition coefficient (Wildman–Crippen LogP) is 7.54. The first kappa shape index (κ1) is 28.6. The van der Waals surface area contributed by atoms with Crippen molar-refractivity contribution in [3.63, 3.8) is 0 Å². The third-order valence-electron chi connectivity index (χ3n) is 13.4. The van der Waals surface area contributed by atoms with Gasteiger partial charge in [0, 0.05) is 23.5 Å². The second-order valence-electron chi connectivity index (χ2n) is 16.3. The highest BCUT2D eigenvalue weighted by Crippen LogP contribution is 2.75. The largest absolute Gasteiger partial charge is 0.478 e. The lowest BCUT2D eigenvalue weighted by molar-refractivity contribution is -0.209. The molecule has 216 valence electrons. The van der Waals surface area contributed by atoms with Crippen molar-refractivity contribution >= 4 is 17.7 Å². The highest BCUT2D eigenvalue weighted by Gasteiger charge is 2.70. The molecule has 0 heterocycles. The van der Waals surface area contributed by atoms with Crippen LogP contribution in [0.15, 0.2) is 23.8 Å². The van der Waals surface area contributed by atoms with E-state index >= 15 is 0 Å². The minimum Gasteiger partial charge on any atom is -0.478 e. The molecule has 0 amide bonds. The van der Waals surface area contributed by atoms with Crippen LogP contribution >= 0.6 is 0 Å². The van der Waals surface area contributed by atoms with Gasteiger partial charge in [-0.1, -0.05) is 61.0 Å². The zero-order chi connectivity index (χ0) is 28.8. The van der Waals surface area contributed by atoms with E-state index in [9.17, 15) is 14.4 Å². The first-order chi connectivity index (χ1) is 17.9. The summed E-state index contributed by atoms with van der Waals surface area (Å²) in [7, 11) is 0. The van der Waals surface area contributed by atoms with E-state index in [4.69, 9.17) is 9.84 Å². The Morgan fingerprint density at radius 2 is 1.56 bits per heavy atom. The fourth-order valence-electron chi connectivity index (χ4n) is 10.8. The third kappa shape index (κ3) is 4.10. The van der Waals surface area contributed by atoms with Crippen LogP contribution in [0.25, 0.3) is 0 Å². The number of ether oxygens (including phenoxy) is 1. The molecule has 5 aliphatic rings. The molecule has 0 aromatic heterocycles. The number of allylic oxidation sites excluding steroid dienone is 2. The Bertz CT molecular complexity index is 1140. The molecule has 5 aliphatic carbocycles. The van der Waals surface area contributed by atoms with Gasteiger partial charge in [0.1, 0.15) is 6.10 Å². The average Bonchev–Trinajstić information content (AvgIpc) is 2.82. The molecule has 8 atom stereocenters. The second kappa shape index (κ2) is 8.79. The van der Waals surface area contributed by atoms with Gasteiger partial charge in [-0.15, -0.1) is 0 Å². The van der Waals surface area contributed by atoms with Crippen molar-refractivity contribution in [1.82, 2.24) is 0 Å². The Labute approximate surface area is 235 Å². The van der Waals surface area contributed by atoms with Crippen molar-refractivity contribution in [2.75, 3.05) is 0 Å². The van der Waals surface area contributed by atoms with Crippen molar-refractivity contribution in [2.45, 2.75) is 119 Å². The van der Waals surface area contributed by atoms with Gasteiger partial charge in [-0.05, 0) is 103 Å². The molecule has 5 heteroatoms. The molecule has 0 aliphatic heterocycles. The van der Waals surface area contributed by atoms with Crippen molar-refractivity contribution in [3.8, 4) is 0 Å². The quantitative estimate of drug-likeness (QED) is 0.297. The summed E-state index contributed by atoms with van der Waals surface area (Å²) in [5.41, 5.74) is 1.51. The lowest BCUT2D eigenvalue weighted by Crippen LogP contribution is -2.66. The van der Waals surface area contributed by atoms with E-state index in [1.54, 1.807) is 0 Å². The van der Waals surface area contributed by atoms with Crippen LogP contribution in [0.4, 0.5) is 0 Å². The number of hydrogen-bond donors (Lipinski definition) is 1. The number of carboxylic acids is 1. The molecule has 0 bridgehead atoms. The lowest BCUT2D eigenvalue weighted by Gasteiger charge is -2.70. The van der Waals surface area contributed by atoms with Gasteiger partial charge in [-0.3, -0.25) is 4.79 Å². The second-order valence-corrected chi connectivity index (χ2v) is 16.3. The minimum atomic E-state index is -1.16. The molecule has 0 aromatic rings. The third-order valence-corrected chi connectivity index (χ3v) is 13.4. The summed E-state index contributed by atoms with van der Waals surface area (Å²) in [6, 6.07) is 0. The van der Waals surface area contributed by atoms with E-state index in [1.807, 2.05) is 0 Å². The van der Waals surface area contributed by atoms with Crippen molar-refractivity contribution < 1.29 is 24.2 Å². The van der Waals surface area contributed by atoms with Crippen molar-refractivity contribution in [2.24, 2.45) is 50.2 Å². The Morgan fingerprint density at radius 3 is 2.23 bits per heavy atom. The van der Waals surface area contributed by atoms with Crippen LogP contribution in [0.5, 0.6) is 0 Å². The standard InChI is InChI=1S/C34H50O5/c1-29(2)15-16-31(5)17-18-33(7)21(22(31)20-29)19-23(35)28-32(6)13-12-25(39-27(38)10-9-26(36)37)30(3,4)24(32)11-14-34(28,33)8/h9-10,19,22,24-25,28H,11-18,20H2,1-8H3,(H,36,37)/b10-9-/t22-,24?,25-,28?,31+,32-,33?,34+/m0/s1. The van der Waals surface area contributed by atoms with Crippen LogP contribution in [0.3, 0.4) is 0 Å². The summed E-state index contributed by atoms with van der Waals surface area (Å²) in [5, 5.41) is 8.89. The summed E-state index contributed by atoms with van der Waals surface area (Å²) in [5.74, 6) is -0.748. The molecule has 39 heavy (non-hydrogen) atoms. The molecule has 1 N–H and O–H groups in total. The number of ketones is 1. The van der Waals surface area contributed by atoms with Crippen LogP contribution < -0.4 is 0 Å². The van der Waals surface area contributed by atoms with Gasteiger partial charge < -0.3 is 9.84 Å².